The predicted molar refractivity (Wildman–Crippen MR) is 230 cm³/mol. The van der Waals surface area contributed by atoms with E-state index in [4.69, 9.17) is 20.1 Å². The highest BCUT2D eigenvalue weighted by atomic mass is 31.2. The van der Waals surface area contributed by atoms with Gasteiger partial charge in [0.1, 0.15) is 13.2 Å². The summed E-state index contributed by atoms with van der Waals surface area (Å²) in [6.45, 7) is 21.8. The van der Waals surface area contributed by atoms with Gasteiger partial charge < -0.3 is 20.1 Å². The quantitative estimate of drug-likeness (QED) is 0.0267. The summed E-state index contributed by atoms with van der Waals surface area (Å²) in [5, 5.41) is 0. The first kappa shape index (κ1) is 55.0. The second-order valence-electron chi connectivity index (χ2n) is 18.7. The minimum atomic E-state index is -4.51. The van der Waals surface area contributed by atoms with Crippen molar-refractivity contribution in [3.8, 4) is 0 Å². The molecule has 7 unspecified atom stereocenters. The monoisotopic (exact) mass is 820 g/mol. The Morgan fingerprint density at radius 2 is 0.893 bits per heavy atom. The van der Waals surface area contributed by atoms with Crippen LogP contribution >= 0.6 is 7.82 Å². The molecule has 0 radical (unpaired) electrons. The lowest BCUT2D eigenvalue weighted by molar-refractivity contribution is -0.245. The largest absolute Gasteiger partial charge is 0.499 e. The van der Waals surface area contributed by atoms with Gasteiger partial charge in [0.15, 0.2) is 6.10 Å². The first-order valence-electron chi connectivity index (χ1n) is 22.8. The van der Waals surface area contributed by atoms with E-state index in [9.17, 15) is 19.0 Å². The highest BCUT2D eigenvalue weighted by molar-refractivity contribution is 7.47. The maximum atomic E-state index is 12.9. The number of esters is 2. The maximum Gasteiger partial charge on any atom is 0.499 e. The smallest absolute Gasteiger partial charge is 0.462 e. The van der Waals surface area contributed by atoms with Crippen molar-refractivity contribution in [1.29, 1.82) is 0 Å². The van der Waals surface area contributed by atoms with Crippen LogP contribution in [0.3, 0.4) is 0 Å². The fourth-order valence-electron chi connectivity index (χ4n) is 7.32. The first-order valence-corrected chi connectivity index (χ1v) is 24.2. The normalized spacial score (nSPS) is 16.9. The van der Waals surface area contributed by atoms with E-state index in [0.717, 1.165) is 62.2 Å². The van der Waals surface area contributed by atoms with Crippen LogP contribution in [0.5, 0.6) is 0 Å². The Bertz CT molecular complexity index is 1010. The zero-order chi connectivity index (χ0) is 42.4. The number of carbonyl (C=O) groups is 2. The van der Waals surface area contributed by atoms with Gasteiger partial charge in [-0.25, -0.2) is 9.45 Å². The summed E-state index contributed by atoms with van der Waals surface area (Å²) in [7, 11) is -4.51. The van der Waals surface area contributed by atoms with E-state index in [1.165, 1.54) is 77.0 Å². The fraction of sp³-hybridized carbons (Fsp3) is 0.956. The molecule has 56 heavy (non-hydrogen) atoms. The first-order chi connectivity index (χ1) is 26.4. The van der Waals surface area contributed by atoms with Gasteiger partial charge in [0.05, 0.1) is 6.61 Å². The lowest BCUT2D eigenvalue weighted by Gasteiger charge is -2.20. The Morgan fingerprint density at radius 3 is 1.27 bits per heavy atom. The molecule has 0 saturated heterocycles. The summed E-state index contributed by atoms with van der Waals surface area (Å²) in [5.74, 6) is 3.92. The Hall–Kier alpha value is -1.03. The zero-order valence-electron chi connectivity index (χ0n) is 37.9. The third-order valence-electron chi connectivity index (χ3n) is 11.1. The maximum absolute atomic E-state index is 12.9. The number of rotatable bonds is 38. The standard InChI is InChI=1S/C45H90NO9P/c1-35(2)17-11-19-37(5)21-13-23-39(7)25-15-27-41(9)31-44(47)51-33-43(34-52-55-56(49,50)53-30-29-46)54-45(48)32-42(10)28-16-26-40(8)24-14-22-38(6)20-12-18-36(3)4/h35-43H,11-34,46H2,1-10H3,(H,49,50)/t37?,38?,39?,40?,41?,42?,43-/m1/s1. The minimum Gasteiger partial charge on any atom is -0.462 e. The van der Waals surface area contributed by atoms with E-state index >= 15 is 0 Å². The van der Waals surface area contributed by atoms with Crippen LogP contribution in [0.25, 0.3) is 0 Å². The molecule has 0 aromatic rings. The van der Waals surface area contributed by atoms with Gasteiger partial charge in [-0.15, -0.1) is 4.67 Å². The van der Waals surface area contributed by atoms with E-state index in [1.807, 2.05) is 6.92 Å². The van der Waals surface area contributed by atoms with Crippen LogP contribution in [0.2, 0.25) is 0 Å². The van der Waals surface area contributed by atoms with E-state index in [1.54, 1.807) is 0 Å². The van der Waals surface area contributed by atoms with E-state index in [0.29, 0.717) is 11.8 Å². The van der Waals surface area contributed by atoms with E-state index < -0.39 is 26.5 Å². The fourth-order valence-corrected chi connectivity index (χ4v) is 7.89. The molecular formula is C45H90NO9P. The predicted octanol–water partition coefficient (Wildman–Crippen LogP) is 12.4. The van der Waals surface area contributed by atoms with Gasteiger partial charge in [-0.2, -0.15) is 0 Å². The molecule has 0 amide bonds. The van der Waals surface area contributed by atoms with Crippen molar-refractivity contribution in [2.45, 2.75) is 204 Å². The highest BCUT2D eigenvalue weighted by Crippen LogP contribution is 2.43. The van der Waals surface area contributed by atoms with Crippen molar-refractivity contribution >= 4 is 19.8 Å². The van der Waals surface area contributed by atoms with Gasteiger partial charge in [-0.05, 0) is 47.3 Å². The average Bonchev–Trinajstić information content (AvgIpc) is 3.09. The molecule has 0 fully saturated rings. The molecule has 10 nitrogen and oxygen atoms in total. The molecule has 0 aromatic heterocycles. The van der Waals surface area contributed by atoms with Crippen molar-refractivity contribution in [1.82, 2.24) is 0 Å². The van der Waals surface area contributed by atoms with Crippen LogP contribution in [-0.2, 0) is 37.7 Å². The van der Waals surface area contributed by atoms with E-state index in [-0.39, 0.29) is 50.4 Å². The summed E-state index contributed by atoms with van der Waals surface area (Å²) in [6.07, 6.45) is 21.3. The second kappa shape index (κ2) is 33.8. The third-order valence-corrected chi connectivity index (χ3v) is 11.9. The number of ether oxygens (including phenoxy) is 2. The molecule has 0 saturated carbocycles. The van der Waals surface area contributed by atoms with Gasteiger partial charge in [-0.3, -0.25) is 14.1 Å². The Morgan fingerprint density at radius 1 is 0.536 bits per heavy atom. The molecule has 0 aliphatic rings. The molecule has 0 spiro atoms. The molecule has 0 heterocycles. The number of phosphoric acid groups is 1. The molecule has 0 aliphatic heterocycles. The molecule has 11 heteroatoms. The second-order valence-corrected chi connectivity index (χ2v) is 20.0. The highest BCUT2D eigenvalue weighted by Gasteiger charge is 2.26. The van der Waals surface area contributed by atoms with Gasteiger partial charge in [0.25, 0.3) is 0 Å². The molecule has 0 aliphatic carbocycles. The van der Waals surface area contributed by atoms with Crippen LogP contribution in [-0.4, -0.2) is 49.3 Å². The molecule has 0 bridgehead atoms. The van der Waals surface area contributed by atoms with Crippen LogP contribution in [0, 0.1) is 47.3 Å². The molecule has 8 atom stereocenters. The van der Waals surface area contributed by atoms with E-state index in [2.05, 4.69) is 71.5 Å². The number of phosphoric ester groups is 1. The average molecular weight is 820 g/mol. The van der Waals surface area contributed by atoms with Crippen molar-refractivity contribution < 1.29 is 42.6 Å². The third kappa shape index (κ3) is 35.0. The summed E-state index contributed by atoms with van der Waals surface area (Å²) >= 11 is 0. The van der Waals surface area contributed by atoms with Crippen molar-refractivity contribution in [3.05, 3.63) is 0 Å². The van der Waals surface area contributed by atoms with Crippen molar-refractivity contribution in [2.75, 3.05) is 26.4 Å². The summed E-state index contributed by atoms with van der Waals surface area (Å²) in [6, 6.07) is 0. The lowest BCUT2D eigenvalue weighted by atomic mass is 9.91. The summed E-state index contributed by atoms with van der Waals surface area (Å²) in [4.78, 5) is 40.4. The SMILES string of the molecule is CC(C)CCCC(C)CCCC(C)CCCC(C)CC(=O)OC[C@H](COOP(=O)(O)OCCN)OC(=O)CC(C)CCCC(C)CCCC(C)CCCC(C)C. The molecule has 0 rings (SSSR count). The minimum absolute atomic E-state index is 0.0225. The van der Waals surface area contributed by atoms with Gasteiger partial charge >= 0.3 is 19.8 Å². The van der Waals surface area contributed by atoms with Crippen LogP contribution in [0.15, 0.2) is 0 Å². The number of hydrogen-bond acceptors (Lipinski definition) is 9. The summed E-state index contributed by atoms with van der Waals surface area (Å²) < 4.78 is 32.4. The van der Waals surface area contributed by atoms with Crippen LogP contribution in [0.1, 0.15) is 198 Å². The summed E-state index contributed by atoms with van der Waals surface area (Å²) in [5.41, 5.74) is 5.33. The number of nitrogens with two attached hydrogens (primary N) is 1. The number of hydrogen-bond donors (Lipinski definition) is 2. The molecular weight excluding hydrogens is 729 g/mol. The molecule has 0 aromatic carbocycles. The topological polar surface area (TPSA) is 144 Å². The Labute approximate surface area is 344 Å². The zero-order valence-corrected chi connectivity index (χ0v) is 38.8. The van der Waals surface area contributed by atoms with Crippen molar-refractivity contribution in [2.24, 2.45) is 53.1 Å². The van der Waals surface area contributed by atoms with Gasteiger partial charge in [-0.1, -0.05) is 185 Å². The molecule has 334 valence electrons. The lowest BCUT2D eigenvalue weighted by Crippen LogP contribution is -2.30. The van der Waals surface area contributed by atoms with Crippen LogP contribution < -0.4 is 5.73 Å². The van der Waals surface area contributed by atoms with Gasteiger partial charge in [0.2, 0.25) is 0 Å². The van der Waals surface area contributed by atoms with Crippen LogP contribution in [0.4, 0.5) is 0 Å². The number of carbonyl (C=O) groups excluding carboxylic acids is 2. The molecule has 3 N–H and O–H groups in total. The van der Waals surface area contributed by atoms with Crippen molar-refractivity contribution in [3.63, 3.8) is 0 Å². The van der Waals surface area contributed by atoms with Gasteiger partial charge in [0, 0.05) is 19.4 Å². The Kier molecular flexibility index (Phi) is 33.1. The Balaban J connectivity index is 4.68.